The van der Waals surface area contributed by atoms with Crippen LogP contribution in [0.15, 0.2) is 0 Å². The van der Waals surface area contributed by atoms with Gasteiger partial charge in [-0.3, -0.25) is 0 Å². The zero-order chi connectivity index (χ0) is 16.2. The summed E-state index contributed by atoms with van der Waals surface area (Å²) in [5.74, 6) is 1.18. The fourth-order valence-corrected chi connectivity index (χ4v) is 3.28. The highest BCUT2D eigenvalue weighted by atomic mass is 32.1. The van der Waals surface area contributed by atoms with Gasteiger partial charge in [0.1, 0.15) is 0 Å². The summed E-state index contributed by atoms with van der Waals surface area (Å²) in [5.41, 5.74) is 1.42. The summed E-state index contributed by atoms with van der Waals surface area (Å²) in [4.78, 5) is 8.63. The molecule has 1 heterocycles. The Morgan fingerprint density at radius 1 is 1.24 bits per heavy atom. The lowest BCUT2D eigenvalue weighted by Crippen LogP contribution is -2.35. The van der Waals surface area contributed by atoms with Crippen molar-refractivity contribution in [3.8, 4) is 0 Å². The summed E-state index contributed by atoms with van der Waals surface area (Å²) in [6, 6.07) is 0. The Bertz CT molecular complexity index is 432. The number of hydrogen-bond donors (Lipinski definition) is 1. The van der Waals surface area contributed by atoms with Gasteiger partial charge in [-0.05, 0) is 39.0 Å². The van der Waals surface area contributed by atoms with Crippen molar-refractivity contribution in [2.24, 2.45) is 5.92 Å². The van der Waals surface area contributed by atoms with E-state index in [1.807, 2.05) is 11.3 Å². The molecule has 0 spiro atoms. The second-order valence-electron chi connectivity index (χ2n) is 7.49. The van der Waals surface area contributed by atoms with Gasteiger partial charge >= 0.3 is 0 Å². The summed E-state index contributed by atoms with van der Waals surface area (Å²) in [5, 5.41) is 4.76. The topological polar surface area (TPSA) is 28.2 Å². The van der Waals surface area contributed by atoms with Gasteiger partial charge in [-0.1, -0.05) is 27.7 Å². The molecule has 0 radical (unpaired) electrons. The molecule has 0 fully saturated rings. The van der Waals surface area contributed by atoms with Crippen LogP contribution in [0.5, 0.6) is 0 Å². The SMILES string of the molecule is CCC(C)c1nc(N(C)CC(C)C)sc1CNC(C)(C)C. The second kappa shape index (κ2) is 7.59. The predicted molar refractivity (Wildman–Crippen MR) is 95.5 cm³/mol. The van der Waals surface area contributed by atoms with Gasteiger partial charge in [0.2, 0.25) is 0 Å². The number of anilines is 1. The summed E-state index contributed by atoms with van der Waals surface area (Å²) in [6.45, 7) is 17.6. The van der Waals surface area contributed by atoms with Crippen LogP contribution in [0, 0.1) is 5.92 Å². The molecule has 21 heavy (non-hydrogen) atoms. The van der Waals surface area contributed by atoms with Gasteiger partial charge in [-0.2, -0.15) is 0 Å². The zero-order valence-electron chi connectivity index (χ0n) is 15.1. The molecular formula is C17H33N3S. The molecule has 122 valence electrons. The number of hydrogen-bond acceptors (Lipinski definition) is 4. The van der Waals surface area contributed by atoms with E-state index in [9.17, 15) is 0 Å². The van der Waals surface area contributed by atoms with Crippen molar-refractivity contribution in [1.82, 2.24) is 10.3 Å². The molecule has 3 nitrogen and oxygen atoms in total. The maximum atomic E-state index is 4.94. The van der Waals surface area contributed by atoms with Gasteiger partial charge in [0.25, 0.3) is 0 Å². The van der Waals surface area contributed by atoms with Gasteiger partial charge in [0, 0.05) is 30.6 Å². The van der Waals surface area contributed by atoms with Gasteiger partial charge in [0.05, 0.1) is 5.69 Å². The van der Waals surface area contributed by atoms with Gasteiger partial charge < -0.3 is 10.2 Å². The van der Waals surface area contributed by atoms with E-state index in [4.69, 9.17) is 4.98 Å². The zero-order valence-corrected chi connectivity index (χ0v) is 15.9. The van der Waals surface area contributed by atoms with E-state index < -0.39 is 0 Å². The van der Waals surface area contributed by atoms with Crippen molar-refractivity contribution in [2.45, 2.75) is 72.9 Å². The largest absolute Gasteiger partial charge is 0.351 e. The molecule has 0 aliphatic heterocycles. The quantitative estimate of drug-likeness (QED) is 0.795. The monoisotopic (exact) mass is 311 g/mol. The molecule has 1 atom stereocenters. The van der Waals surface area contributed by atoms with Crippen LogP contribution in [0.2, 0.25) is 0 Å². The van der Waals surface area contributed by atoms with Crippen LogP contribution < -0.4 is 10.2 Å². The van der Waals surface area contributed by atoms with Crippen molar-refractivity contribution >= 4 is 16.5 Å². The number of rotatable bonds is 7. The smallest absolute Gasteiger partial charge is 0.185 e. The maximum absolute atomic E-state index is 4.94. The number of thiazole rings is 1. The number of nitrogens with one attached hydrogen (secondary N) is 1. The van der Waals surface area contributed by atoms with Crippen LogP contribution in [0.1, 0.15) is 71.4 Å². The summed E-state index contributed by atoms with van der Waals surface area (Å²) >= 11 is 1.85. The van der Waals surface area contributed by atoms with Crippen LogP contribution >= 0.6 is 11.3 Å². The normalized spacial score (nSPS) is 13.8. The minimum absolute atomic E-state index is 0.140. The van der Waals surface area contributed by atoms with E-state index in [0.29, 0.717) is 11.8 Å². The first-order chi connectivity index (χ1) is 9.64. The Morgan fingerprint density at radius 2 is 1.86 bits per heavy atom. The molecule has 0 aromatic carbocycles. The molecule has 1 aromatic heterocycles. The van der Waals surface area contributed by atoms with E-state index in [0.717, 1.165) is 24.6 Å². The second-order valence-corrected chi connectivity index (χ2v) is 8.55. The highest BCUT2D eigenvalue weighted by Crippen LogP contribution is 2.32. The summed E-state index contributed by atoms with van der Waals surface area (Å²) < 4.78 is 0. The Morgan fingerprint density at radius 3 is 2.33 bits per heavy atom. The lowest BCUT2D eigenvalue weighted by Gasteiger charge is -2.20. The Hall–Kier alpha value is -0.610. The molecule has 0 saturated carbocycles. The standard InChI is InChI=1S/C17H33N3S/c1-9-13(4)15-14(10-18-17(5,6)7)21-16(19-15)20(8)11-12(2)3/h12-13,18H,9-11H2,1-8H3. The van der Waals surface area contributed by atoms with Crippen molar-refractivity contribution in [3.05, 3.63) is 10.6 Å². The molecule has 1 unspecified atom stereocenters. The van der Waals surface area contributed by atoms with E-state index in [1.54, 1.807) is 0 Å². The molecule has 1 N–H and O–H groups in total. The van der Waals surface area contributed by atoms with Gasteiger partial charge in [-0.15, -0.1) is 11.3 Å². The van der Waals surface area contributed by atoms with Crippen LogP contribution in [0.4, 0.5) is 5.13 Å². The number of nitrogens with zero attached hydrogens (tertiary/aromatic N) is 2. The third-order valence-electron chi connectivity index (χ3n) is 3.54. The predicted octanol–water partition coefficient (Wildman–Crippen LogP) is 4.64. The third kappa shape index (κ3) is 5.95. The van der Waals surface area contributed by atoms with Crippen LogP contribution in [0.25, 0.3) is 0 Å². The first kappa shape index (κ1) is 18.4. The van der Waals surface area contributed by atoms with Crippen LogP contribution in [-0.4, -0.2) is 24.1 Å². The molecule has 4 heteroatoms. The first-order valence-electron chi connectivity index (χ1n) is 8.09. The lowest BCUT2D eigenvalue weighted by atomic mass is 10.0. The fourth-order valence-electron chi connectivity index (χ4n) is 2.19. The highest BCUT2D eigenvalue weighted by molar-refractivity contribution is 7.15. The third-order valence-corrected chi connectivity index (χ3v) is 4.73. The van der Waals surface area contributed by atoms with Gasteiger partial charge in [0.15, 0.2) is 5.13 Å². The average Bonchev–Trinajstić information content (AvgIpc) is 2.78. The molecule has 0 aliphatic carbocycles. The Kier molecular flexibility index (Phi) is 6.67. The molecule has 0 aliphatic rings. The fraction of sp³-hybridized carbons (Fsp3) is 0.824. The van der Waals surface area contributed by atoms with E-state index in [-0.39, 0.29) is 5.54 Å². The molecule has 0 amide bonds. The first-order valence-corrected chi connectivity index (χ1v) is 8.91. The molecule has 1 rings (SSSR count). The molecule has 0 saturated heterocycles. The number of aromatic nitrogens is 1. The summed E-state index contributed by atoms with van der Waals surface area (Å²) in [7, 11) is 2.15. The van der Waals surface area contributed by atoms with Crippen molar-refractivity contribution in [2.75, 3.05) is 18.5 Å². The van der Waals surface area contributed by atoms with Gasteiger partial charge in [-0.25, -0.2) is 4.98 Å². The van der Waals surface area contributed by atoms with Crippen molar-refractivity contribution in [3.63, 3.8) is 0 Å². The summed E-state index contributed by atoms with van der Waals surface area (Å²) in [6.07, 6.45) is 1.14. The maximum Gasteiger partial charge on any atom is 0.185 e. The Balaban J connectivity index is 2.95. The Labute approximate surface area is 135 Å². The van der Waals surface area contributed by atoms with E-state index >= 15 is 0 Å². The minimum Gasteiger partial charge on any atom is -0.351 e. The molecule has 0 bridgehead atoms. The average molecular weight is 312 g/mol. The highest BCUT2D eigenvalue weighted by Gasteiger charge is 2.19. The minimum atomic E-state index is 0.140. The van der Waals surface area contributed by atoms with Crippen molar-refractivity contribution in [1.29, 1.82) is 0 Å². The molecule has 1 aromatic rings. The van der Waals surface area contributed by atoms with E-state index in [1.165, 1.54) is 10.6 Å². The van der Waals surface area contributed by atoms with Crippen molar-refractivity contribution < 1.29 is 0 Å². The molecular weight excluding hydrogens is 278 g/mol. The van der Waals surface area contributed by atoms with Crippen LogP contribution in [0.3, 0.4) is 0 Å². The van der Waals surface area contributed by atoms with E-state index in [2.05, 4.69) is 65.7 Å². The van der Waals surface area contributed by atoms with Crippen LogP contribution in [-0.2, 0) is 6.54 Å². The lowest BCUT2D eigenvalue weighted by molar-refractivity contribution is 0.424.